The van der Waals surface area contributed by atoms with Crippen LogP contribution in [0.5, 0.6) is 0 Å². The van der Waals surface area contributed by atoms with E-state index in [1.807, 2.05) is 0 Å². The average molecular weight is 348 g/mol. The van der Waals surface area contributed by atoms with Crippen LogP contribution in [0.2, 0.25) is 0 Å². The lowest BCUT2D eigenvalue weighted by Gasteiger charge is -2.43. The SMILES string of the molecule is NC(=O)C1(O)CCN(C(=O)C2(c3ccc(F)cc3)CCCCC2)CC1. The van der Waals surface area contributed by atoms with Crippen LogP contribution in [0, 0.1) is 5.82 Å². The number of piperidine rings is 1. The van der Waals surface area contributed by atoms with Crippen molar-refractivity contribution in [2.24, 2.45) is 5.73 Å². The molecule has 3 rings (SSSR count). The van der Waals surface area contributed by atoms with E-state index in [1.54, 1.807) is 17.0 Å². The van der Waals surface area contributed by atoms with Crippen molar-refractivity contribution in [2.45, 2.75) is 56.0 Å². The van der Waals surface area contributed by atoms with Crippen LogP contribution in [-0.4, -0.2) is 40.5 Å². The van der Waals surface area contributed by atoms with Crippen LogP contribution >= 0.6 is 0 Å². The second-order valence-electron chi connectivity index (χ2n) is 7.34. The molecule has 1 aromatic carbocycles. The van der Waals surface area contributed by atoms with Crippen molar-refractivity contribution in [3.8, 4) is 0 Å². The Morgan fingerprint density at radius 2 is 1.56 bits per heavy atom. The molecule has 1 aliphatic carbocycles. The summed E-state index contributed by atoms with van der Waals surface area (Å²) in [5.74, 6) is -1.03. The Hall–Kier alpha value is -1.95. The maximum absolute atomic E-state index is 13.4. The van der Waals surface area contributed by atoms with E-state index < -0.39 is 16.9 Å². The number of primary amides is 1. The monoisotopic (exact) mass is 348 g/mol. The van der Waals surface area contributed by atoms with Crippen molar-refractivity contribution in [3.05, 3.63) is 35.6 Å². The number of nitrogens with two attached hydrogens (primary N) is 1. The third-order valence-corrected chi connectivity index (χ3v) is 5.85. The van der Waals surface area contributed by atoms with E-state index >= 15 is 0 Å². The van der Waals surface area contributed by atoms with Gasteiger partial charge < -0.3 is 15.7 Å². The molecule has 2 amide bonds. The van der Waals surface area contributed by atoms with E-state index in [4.69, 9.17) is 5.73 Å². The molecule has 0 atom stereocenters. The van der Waals surface area contributed by atoms with Gasteiger partial charge in [-0.2, -0.15) is 0 Å². The molecule has 2 aliphatic rings. The molecule has 2 fully saturated rings. The minimum atomic E-state index is -1.52. The molecule has 0 spiro atoms. The fourth-order valence-electron chi connectivity index (χ4n) is 4.18. The van der Waals surface area contributed by atoms with Crippen molar-refractivity contribution in [1.82, 2.24) is 4.90 Å². The van der Waals surface area contributed by atoms with Crippen LogP contribution in [0.1, 0.15) is 50.5 Å². The molecule has 0 radical (unpaired) electrons. The molecule has 0 aromatic heterocycles. The predicted molar refractivity (Wildman–Crippen MR) is 91.1 cm³/mol. The molecular weight excluding hydrogens is 323 g/mol. The summed E-state index contributed by atoms with van der Waals surface area (Å²) in [7, 11) is 0. The largest absolute Gasteiger partial charge is 0.380 e. The van der Waals surface area contributed by atoms with Crippen LogP contribution in [-0.2, 0) is 15.0 Å². The van der Waals surface area contributed by atoms with Crippen molar-refractivity contribution in [1.29, 1.82) is 0 Å². The Morgan fingerprint density at radius 1 is 1.00 bits per heavy atom. The van der Waals surface area contributed by atoms with Crippen LogP contribution in [0.25, 0.3) is 0 Å². The van der Waals surface area contributed by atoms with Gasteiger partial charge in [-0.3, -0.25) is 9.59 Å². The summed E-state index contributed by atoms with van der Waals surface area (Å²) in [5, 5.41) is 10.2. The van der Waals surface area contributed by atoms with E-state index in [-0.39, 0.29) is 24.6 Å². The number of benzene rings is 1. The molecule has 25 heavy (non-hydrogen) atoms. The molecule has 136 valence electrons. The number of carbonyl (C=O) groups is 2. The number of hydrogen-bond donors (Lipinski definition) is 2. The number of rotatable bonds is 3. The first-order valence-electron chi connectivity index (χ1n) is 8.95. The Labute approximate surface area is 147 Å². The lowest BCUT2D eigenvalue weighted by Crippen LogP contribution is -2.57. The van der Waals surface area contributed by atoms with E-state index in [9.17, 15) is 19.1 Å². The van der Waals surface area contributed by atoms with Gasteiger partial charge in [-0.25, -0.2) is 4.39 Å². The van der Waals surface area contributed by atoms with Gasteiger partial charge in [0.2, 0.25) is 11.8 Å². The van der Waals surface area contributed by atoms with Gasteiger partial charge in [0, 0.05) is 25.9 Å². The summed E-state index contributed by atoms with van der Waals surface area (Å²) in [5.41, 5.74) is 3.97. The van der Waals surface area contributed by atoms with Gasteiger partial charge in [0.1, 0.15) is 11.4 Å². The van der Waals surface area contributed by atoms with Crippen molar-refractivity contribution in [3.63, 3.8) is 0 Å². The smallest absolute Gasteiger partial charge is 0.249 e. The van der Waals surface area contributed by atoms with Gasteiger partial charge in [-0.05, 0) is 30.5 Å². The van der Waals surface area contributed by atoms with E-state index in [1.165, 1.54) is 12.1 Å². The number of likely N-dealkylation sites (tertiary alicyclic amines) is 1. The van der Waals surface area contributed by atoms with Crippen molar-refractivity contribution in [2.75, 3.05) is 13.1 Å². The highest BCUT2D eigenvalue weighted by Gasteiger charge is 2.46. The molecular formula is C19H25FN2O3. The molecule has 0 unspecified atom stereocenters. The lowest BCUT2D eigenvalue weighted by molar-refractivity contribution is -0.150. The van der Waals surface area contributed by atoms with Crippen LogP contribution < -0.4 is 5.73 Å². The minimum absolute atomic E-state index is 0.0188. The van der Waals surface area contributed by atoms with Crippen molar-refractivity contribution < 1.29 is 19.1 Å². The first kappa shape index (κ1) is 17.9. The normalized spacial score (nSPS) is 22.4. The molecule has 5 nitrogen and oxygen atoms in total. The van der Waals surface area contributed by atoms with Crippen LogP contribution in [0.4, 0.5) is 4.39 Å². The summed E-state index contributed by atoms with van der Waals surface area (Å²) >= 11 is 0. The molecule has 0 bridgehead atoms. The second kappa shape index (κ2) is 6.75. The summed E-state index contributed by atoms with van der Waals surface area (Å²) in [6, 6.07) is 6.23. The first-order chi connectivity index (χ1) is 11.9. The van der Waals surface area contributed by atoms with Gasteiger partial charge >= 0.3 is 0 Å². The maximum Gasteiger partial charge on any atom is 0.249 e. The Kier molecular flexibility index (Phi) is 4.82. The highest BCUT2D eigenvalue weighted by molar-refractivity contribution is 5.89. The zero-order valence-corrected chi connectivity index (χ0v) is 14.3. The predicted octanol–water partition coefficient (Wildman–Crippen LogP) is 1.87. The number of hydrogen-bond acceptors (Lipinski definition) is 3. The number of halogens is 1. The summed E-state index contributed by atoms with van der Waals surface area (Å²) < 4.78 is 13.3. The number of amides is 2. The third-order valence-electron chi connectivity index (χ3n) is 5.85. The van der Waals surface area contributed by atoms with Crippen LogP contribution in [0.3, 0.4) is 0 Å². The fourth-order valence-corrected chi connectivity index (χ4v) is 4.18. The summed E-state index contributed by atoms with van der Waals surface area (Å²) in [6.07, 6.45) is 4.82. The second-order valence-corrected chi connectivity index (χ2v) is 7.34. The zero-order chi connectivity index (χ0) is 18.1. The highest BCUT2D eigenvalue weighted by atomic mass is 19.1. The van der Waals surface area contributed by atoms with Gasteiger partial charge in [-0.15, -0.1) is 0 Å². The number of carbonyl (C=O) groups excluding carboxylic acids is 2. The standard InChI is InChI=1S/C19H25FN2O3/c20-15-6-4-14(5-7-15)18(8-2-1-3-9-18)17(24)22-12-10-19(25,11-13-22)16(21)23/h4-7,25H,1-3,8-13H2,(H2,21,23). The molecule has 1 heterocycles. The number of nitrogens with zero attached hydrogens (tertiary/aromatic N) is 1. The van der Waals surface area contributed by atoms with E-state index in [0.717, 1.165) is 37.7 Å². The van der Waals surface area contributed by atoms with Gasteiger partial charge in [0.25, 0.3) is 0 Å². The molecule has 1 saturated heterocycles. The molecule has 3 N–H and O–H groups in total. The summed E-state index contributed by atoms with van der Waals surface area (Å²) in [4.78, 5) is 26.5. The average Bonchev–Trinajstić information content (AvgIpc) is 2.63. The first-order valence-corrected chi connectivity index (χ1v) is 8.95. The van der Waals surface area contributed by atoms with Gasteiger partial charge in [0.05, 0.1) is 5.41 Å². The summed E-state index contributed by atoms with van der Waals surface area (Å²) in [6.45, 7) is 0.614. The Balaban J connectivity index is 1.84. The Bertz CT molecular complexity index is 645. The quantitative estimate of drug-likeness (QED) is 0.875. The number of aliphatic hydroxyl groups is 1. The minimum Gasteiger partial charge on any atom is -0.380 e. The highest BCUT2D eigenvalue weighted by Crippen LogP contribution is 2.42. The molecule has 6 heteroatoms. The Morgan fingerprint density at radius 3 is 2.08 bits per heavy atom. The lowest BCUT2D eigenvalue weighted by atomic mass is 9.68. The fraction of sp³-hybridized carbons (Fsp3) is 0.579. The van der Waals surface area contributed by atoms with Crippen molar-refractivity contribution >= 4 is 11.8 Å². The van der Waals surface area contributed by atoms with Gasteiger partial charge in [0.15, 0.2) is 0 Å². The third kappa shape index (κ3) is 3.27. The molecule has 1 aromatic rings. The topological polar surface area (TPSA) is 83.6 Å². The van der Waals surface area contributed by atoms with E-state index in [0.29, 0.717) is 13.1 Å². The zero-order valence-electron chi connectivity index (χ0n) is 14.3. The molecule has 1 saturated carbocycles. The maximum atomic E-state index is 13.4. The van der Waals surface area contributed by atoms with E-state index in [2.05, 4.69) is 0 Å². The van der Waals surface area contributed by atoms with Crippen LogP contribution in [0.15, 0.2) is 24.3 Å². The van der Waals surface area contributed by atoms with Gasteiger partial charge in [-0.1, -0.05) is 31.4 Å². The molecule has 1 aliphatic heterocycles.